The van der Waals surface area contributed by atoms with Crippen molar-refractivity contribution in [2.45, 2.75) is 12.5 Å². The first-order valence-electron chi connectivity index (χ1n) is 4.34. The van der Waals surface area contributed by atoms with Gasteiger partial charge in [0.2, 0.25) is 0 Å². The van der Waals surface area contributed by atoms with Crippen molar-refractivity contribution >= 4 is 21.8 Å². The first-order chi connectivity index (χ1) is 8.19. The number of carboxylic acid groups (broad SMARTS) is 1. The number of rotatable bonds is 4. The molecule has 0 spiro atoms. The normalized spacial score (nSPS) is 11.4. The minimum absolute atomic E-state index is 0.0698. The van der Waals surface area contributed by atoms with E-state index in [1.54, 1.807) is 0 Å². The van der Waals surface area contributed by atoms with Gasteiger partial charge in [-0.05, 0) is 0 Å². The van der Waals surface area contributed by atoms with E-state index in [0.29, 0.717) is 5.69 Å². The van der Waals surface area contributed by atoms with Gasteiger partial charge in [-0.25, -0.2) is 0 Å². The average Bonchev–Trinajstić information content (AvgIpc) is 2.78. The molecule has 0 fully saturated rings. The zero-order chi connectivity index (χ0) is 12.7. The van der Waals surface area contributed by atoms with Crippen LogP contribution in [0.15, 0.2) is 12.5 Å². The van der Waals surface area contributed by atoms with Crippen LogP contribution in [0, 0.1) is 11.5 Å². The van der Waals surface area contributed by atoms with Crippen LogP contribution in [0.2, 0.25) is 0 Å². The molecule has 88 valence electrons. The van der Waals surface area contributed by atoms with Gasteiger partial charge < -0.3 is 0 Å². The quantitative estimate of drug-likeness (QED) is 0.628. The van der Waals surface area contributed by atoms with Crippen molar-refractivity contribution in [2.75, 3.05) is 0 Å². The van der Waals surface area contributed by atoms with Crippen LogP contribution < -0.4 is 0 Å². The summed E-state index contributed by atoms with van der Waals surface area (Å²) in [5.74, 6) is 3.21. The zero-order valence-electron chi connectivity index (χ0n) is 8.40. The summed E-state index contributed by atoms with van der Waals surface area (Å²) in [6, 6.07) is -1.10. The summed E-state index contributed by atoms with van der Waals surface area (Å²) in [6.45, 7) is 0. The van der Waals surface area contributed by atoms with E-state index in [1.807, 2.05) is 0 Å². The predicted octanol–water partition coefficient (Wildman–Crippen LogP) is 1.12. The van der Waals surface area contributed by atoms with E-state index >= 15 is 0 Å². The molecule has 0 saturated heterocycles. The molecule has 0 radical (unpaired) electrons. The molecule has 1 aromatic rings. The molecule has 0 saturated carbocycles. The summed E-state index contributed by atoms with van der Waals surface area (Å²) in [4.78, 5) is 18.4. The van der Waals surface area contributed by atoms with E-state index in [4.69, 9.17) is 5.11 Å². The summed E-state index contributed by atoms with van der Waals surface area (Å²) >= 11 is 0. The Labute approximate surface area is 98.5 Å². The Morgan fingerprint density at radius 1 is 1.53 bits per heavy atom. The number of H-pyrrole nitrogens is 1. The molecular weight excluding hydrogens is 264 g/mol. The molecule has 2 N–H and O–H groups in total. The molecule has 1 rings (SSSR count). The predicted molar refractivity (Wildman–Crippen MR) is 58.5 cm³/mol. The first kappa shape index (κ1) is 13.7. The number of hydrogen-bond acceptors (Lipinski definition) is 5. The molecule has 0 aliphatic carbocycles. The third-order valence-electron chi connectivity index (χ3n) is 1.86. The summed E-state index contributed by atoms with van der Waals surface area (Å²) in [6.07, 6.45) is 2.95. The van der Waals surface area contributed by atoms with Gasteiger partial charge in [0.25, 0.3) is 0 Å². The molecule has 1 heterocycles. The van der Waals surface area contributed by atoms with Gasteiger partial charge in [-0.1, -0.05) is 0 Å². The van der Waals surface area contributed by atoms with Gasteiger partial charge in [0.15, 0.2) is 0 Å². The molecule has 7 nitrogen and oxygen atoms in total. The molecular formula is C8H7N3O4P2. The second-order valence-corrected chi connectivity index (χ2v) is 3.65. The second kappa shape index (κ2) is 7.08. The van der Waals surface area contributed by atoms with Crippen LogP contribution in [0.1, 0.15) is 5.69 Å². The van der Waals surface area contributed by atoms with Gasteiger partial charge >= 0.3 is 97.9 Å². The number of imidazole rings is 1. The molecule has 9 heteroatoms. The van der Waals surface area contributed by atoms with Gasteiger partial charge in [-0.2, -0.15) is 0 Å². The summed E-state index contributed by atoms with van der Waals surface area (Å²) in [5.41, 5.74) is 0.580. The molecule has 0 aromatic carbocycles. The number of aromatic amines is 1. The van der Waals surface area contributed by atoms with Gasteiger partial charge in [0.05, 0.1) is 0 Å². The SMILES string of the molecule is O=P#CN(C#P=O)[C@@H](Cc1cnc[nH]1)C(=O)O. The van der Waals surface area contributed by atoms with Crippen LogP contribution in [0.4, 0.5) is 0 Å². The van der Waals surface area contributed by atoms with Crippen molar-refractivity contribution in [2.24, 2.45) is 0 Å². The van der Waals surface area contributed by atoms with Gasteiger partial charge in [-0.3, -0.25) is 0 Å². The van der Waals surface area contributed by atoms with Gasteiger partial charge in [0.1, 0.15) is 0 Å². The van der Waals surface area contributed by atoms with Crippen molar-refractivity contribution < 1.29 is 19.0 Å². The summed E-state index contributed by atoms with van der Waals surface area (Å²) < 4.78 is 20.8. The number of nitrogens with one attached hydrogen (secondary N) is 1. The number of carboxylic acids is 1. The summed E-state index contributed by atoms with van der Waals surface area (Å²) in [5, 5.41) is 9.03. The zero-order valence-corrected chi connectivity index (χ0v) is 10.2. The number of carbonyl (C=O) groups is 1. The van der Waals surface area contributed by atoms with E-state index in [2.05, 4.69) is 21.5 Å². The molecule has 0 unspecified atom stereocenters. The van der Waals surface area contributed by atoms with Crippen molar-refractivity contribution in [1.29, 1.82) is 0 Å². The maximum atomic E-state index is 11.1. The number of aromatic nitrogens is 2. The monoisotopic (exact) mass is 271 g/mol. The van der Waals surface area contributed by atoms with Crippen molar-refractivity contribution in [3.8, 4) is 11.5 Å². The van der Waals surface area contributed by atoms with E-state index in [-0.39, 0.29) is 6.42 Å². The average molecular weight is 271 g/mol. The van der Waals surface area contributed by atoms with E-state index in [9.17, 15) is 13.9 Å². The Hall–Kier alpha value is -1.34. The topological polar surface area (TPSA) is 103 Å². The standard InChI is InChI=1S/C8H7N3O4P2/c12-8(13)7(1-6-2-9-3-10-6)11(4-16-14)5-17-15/h2-3,7H,1H2,(H,9,10)(H,12,13)/t7-/m0/s1. The minimum atomic E-state index is -1.17. The van der Waals surface area contributed by atoms with Crippen LogP contribution in [0.25, 0.3) is 0 Å². The summed E-state index contributed by atoms with van der Waals surface area (Å²) in [7, 11) is -1.03. The molecule has 0 aliphatic rings. The third kappa shape index (κ3) is 4.20. The second-order valence-electron chi connectivity index (χ2n) is 2.89. The van der Waals surface area contributed by atoms with Crippen molar-refractivity contribution in [1.82, 2.24) is 14.9 Å². The molecule has 1 aromatic heterocycles. The van der Waals surface area contributed by atoms with Crippen molar-refractivity contribution in [3.63, 3.8) is 0 Å². The van der Waals surface area contributed by atoms with Gasteiger partial charge in [-0.15, -0.1) is 0 Å². The van der Waals surface area contributed by atoms with E-state index < -0.39 is 27.8 Å². The fourth-order valence-electron chi connectivity index (χ4n) is 1.14. The molecule has 0 amide bonds. The fourth-order valence-corrected chi connectivity index (χ4v) is 1.78. The van der Waals surface area contributed by atoms with Crippen molar-refractivity contribution in [3.05, 3.63) is 18.2 Å². The van der Waals surface area contributed by atoms with E-state index in [1.165, 1.54) is 12.5 Å². The number of hydrogen-bond donors (Lipinski definition) is 2. The third-order valence-corrected chi connectivity index (χ3v) is 2.46. The van der Waals surface area contributed by atoms with Crippen LogP contribution in [0.5, 0.6) is 0 Å². The fraction of sp³-hybridized carbons (Fsp3) is 0.250. The van der Waals surface area contributed by atoms with Crippen LogP contribution in [0.3, 0.4) is 0 Å². The Balaban J connectivity index is 2.99. The molecule has 0 bridgehead atoms. The van der Waals surface area contributed by atoms with Crippen LogP contribution in [-0.4, -0.2) is 32.0 Å². The Morgan fingerprint density at radius 3 is 2.59 bits per heavy atom. The van der Waals surface area contributed by atoms with E-state index in [0.717, 1.165) is 4.90 Å². The Bertz CT molecular complexity index is 561. The van der Waals surface area contributed by atoms with Crippen LogP contribution >= 0.6 is 15.8 Å². The van der Waals surface area contributed by atoms with Gasteiger partial charge in [0, 0.05) is 0 Å². The number of nitrogens with zero attached hydrogens (tertiary/aromatic N) is 2. The maximum absolute atomic E-state index is 11.1. The first-order valence-corrected chi connectivity index (χ1v) is 5.96. The molecule has 17 heavy (non-hydrogen) atoms. The Kier molecular flexibility index (Phi) is 5.71. The Morgan fingerprint density at radius 2 is 2.18 bits per heavy atom. The molecule has 1 atom stereocenters. The molecule has 0 aliphatic heterocycles. The van der Waals surface area contributed by atoms with Crippen LogP contribution in [-0.2, 0) is 20.3 Å². The number of aliphatic carboxylic acids is 1.